The fourth-order valence-electron chi connectivity index (χ4n) is 4.08. The van der Waals surface area contributed by atoms with Crippen LogP contribution in [0.5, 0.6) is 11.6 Å². The molecule has 4 aromatic rings. The molecule has 0 bridgehead atoms. The smallest absolute Gasteiger partial charge is 0.246 e. The Kier molecular flexibility index (Phi) is 5.14. The Morgan fingerprint density at radius 1 is 1.16 bits per heavy atom. The third kappa shape index (κ3) is 3.41. The van der Waals surface area contributed by atoms with Crippen LogP contribution in [0.1, 0.15) is 12.5 Å². The number of rotatable bonds is 5. The Morgan fingerprint density at radius 2 is 2.00 bits per heavy atom. The number of amides is 1. The van der Waals surface area contributed by atoms with Crippen molar-refractivity contribution in [2.24, 2.45) is 0 Å². The van der Waals surface area contributed by atoms with Crippen molar-refractivity contribution in [1.82, 2.24) is 30.0 Å². The van der Waals surface area contributed by atoms with Crippen molar-refractivity contribution in [3.8, 4) is 11.6 Å². The lowest BCUT2D eigenvalue weighted by Gasteiger charge is -2.35. The first-order chi connectivity index (χ1) is 15.7. The lowest BCUT2D eigenvalue weighted by Crippen LogP contribution is -2.48. The average Bonchev–Trinajstić information content (AvgIpc) is 3.33. The van der Waals surface area contributed by atoms with Gasteiger partial charge in [0.2, 0.25) is 11.8 Å². The summed E-state index contributed by atoms with van der Waals surface area (Å²) in [6, 6.07) is 5.94. The van der Waals surface area contributed by atoms with Gasteiger partial charge in [-0.05, 0) is 30.2 Å². The number of fused-ring (bicyclic) bond motifs is 2. The summed E-state index contributed by atoms with van der Waals surface area (Å²) >= 11 is 0. The van der Waals surface area contributed by atoms with Crippen molar-refractivity contribution in [1.29, 1.82) is 0 Å². The molecule has 32 heavy (non-hydrogen) atoms. The Hall–Kier alpha value is -4.01. The number of nitrogens with zero attached hydrogens (tertiary/aromatic N) is 6. The van der Waals surface area contributed by atoms with E-state index in [9.17, 15) is 4.79 Å². The fraction of sp³-hybridized carbons (Fsp3) is 0.261. The fourth-order valence-corrected chi connectivity index (χ4v) is 4.08. The molecule has 1 aliphatic rings. The lowest BCUT2D eigenvalue weighted by atomic mass is 10.1. The summed E-state index contributed by atoms with van der Waals surface area (Å²) in [6.45, 7) is 8.25. The maximum atomic E-state index is 11.9. The van der Waals surface area contributed by atoms with Crippen molar-refractivity contribution in [2.75, 3.05) is 31.1 Å². The third-order valence-corrected chi connectivity index (χ3v) is 5.80. The van der Waals surface area contributed by atoms with E-state index in [0.29, 0.717) is 37.6 Å². The van der Waals surface area contributed by atoms with E-state index in [0.717, 1.165) is 39.8 Å². The molecule has 162 valence electrons. The highest BCUT2D eigenvalue weighted by molar-refractivity contribution is 5.93. The van der Waals surface area contributed by atoms with Crippen molar-refractivity contribution in [3.63, 3.8) is 0 Å². The van der Waals surface area contributed by atoms with Crippen molar-refractivity contribution in [2.45, 2.75) is 13.3 Å². The maximum absolute atomic E-state index is 11.9. The number of hydrogen-bond donors (Lipinski definition) is 1. The van der Waals surface area contributed by atoms with Gasteiger partial charge < -0.3 is 14.5 Å². The Labute approximate surface area is 184 Å². The molecule has 9 nitrogen and oxygen atoms in total. The Balaban J connectivity index is 1.51. The van der Waals surface area contributed by atoms with E-state index in [2.05, 4.69) is 43.6 Å². The number of aryl methyl sites for hydroxylation is 1. The SMILES string of the molecule is C=CC(=O)N1CCN(c2ncnc3c(Oc4c(CC)ccc5[nH]ncc45)nccc23)CC1. The quantitative estimate of drug-likeness (QED) is 0.487. The second-order valence-corrected chi connectivity index (χ2v) is 7.57. The van der Waals surface area contributed by atoms with Gasteiger partial charge in [-0.15, -0.1) is 0 Å². The zero-order valence-corrected chi connectivity index (χ0v) is 17.8. The molecule has 0 radical (unpaired) electrons. The van der Waals surface area contributed by atoms with Crippen LogP contribution in [0.2, 0.25) is 0 Å². The number of H-pyrrole nitrogens is 1. The number of benzene rings is 1. The second-order valence-electron chi connectivity index (χ2n) is 7.57. The number of piperazine rings is 1. The molecule has 0 aliphatic carbocycles. The molecule has 9 heteroatoms. The molecule has 3 aromatic heterocycles. The lowest BCUT2D eigenvalue weighted by molar-refractivity contribution is -0.126. The highest BCUT2D eigenvalue weighted by Crippen LogP contribution is 2.36. The molecule has 0 saturated carbocycles. The van der Waals surface area contributed by atoms with E-state index >= 15 is 0 Å². The van der Waals surface area contributed by atoms with Crippen LogP contribution in [0.4, 0.5) is 5.82 Å². The topological polar surface area (TPSA) is 100 Å². The summed E-state index contributed by atoms with van der Waals surface area (Å²) in [5.74, 6) is 1.92. The summed E-state index contributed by atoms with van der Waals surface area (Å²) < 4.78 is 6.35. The van der Waals surface area contributed by atoms with Crippen molar-refractivity contribution in [3.05, 3.63) is 55.1 Å². The van der Waals surface area contributed by atoms with Gasteiger partial charge in [-0.2, -0.15) is 5.10 Å². The van der Waals surface area contributed by atoms with Crippen LogP contribution in [0.15, 0.2) is 49.6 Å². The molecule has 0 spiro atoms. The van der Waals surface area contributed by atoms with Crippen LogP contribution >= 0.6 is 0 Å². The van der Waals surface area contributed by atoms with Crippen LogP contribution in [-0.2, 0) is 11.2 Å². The van der Waals surface area contributed by atoms with E-state index in [1.165, 1.54) is 12.4 Å². The van der Waals surface area contributed by atoms with E-state index in [1.807, 2.05) is 18.2 Å². The standard InChI is InChI=1S/C23H23N7O2/c1-3-15-5-6-18-17(13-27-28-18)21(15)32-23-20-16(7-8-24-23)22(26-14-25-20)30-11-9-29(10-12-30)19(31)4-2/h4-8,13-14H,2-3,9-12H2,1H3,(H,27,28). The average molecular weight is 429 g/mol. The van der Waals surface area contributed by atoms with Gasteiger partial charge in [0.1, 0.15) is 23.4 Å². The zero-order chi connectivity index (χ0) is 22.1. The first-order valence-corrected chi connectivity index (χ1v) is 10.6. The maximum Gasteiger partial charge on any atom is 0.246 e. The Morgan fingerprint density at radius 3 is 2.78 bits per heavy atom. The van der Waals surface area contributed by atoms with Crippen LogP contribution in [-0.4, -0.2) is 62.1 Å². The minimum Gasteiger partial charge on any atom is -0.436 e. The van der Waals surface area contributed by atoms with Gasteiger partial charge in [-0.3, -0.25) is 9.89 Å². The largest absolute Gasteiger partial charge is 0.436 e. The first-order valence-electron chi connectivity index (χ1n) is 10.6. The molecule has 1 saturated heterocycles. The normalized spacial score (nSPS) is 14.2. The molecular formula is C23H23N7O2. The molecule has 0 unspecified atom stereocenters. The van der Waals surface area contributed by atoms with Gasteiger partial charge in [0.25, 0.3) is 0 Å². The van der Waals surface area contributed by atoms with E-state index in [4.69, 9.17) is 4.74 Å². The number of carbonyl (C=O) groups is 1. The van der Waals surface area contributed by atoms with Gasteiger partial charge in [0.05, 0.1) is 17.1 Å². The van der Waals surface area contributed by atoms with Crippen molar-refractivity contribution < 1.29 is 9.53 Å². The van der Waals surface area contributed by atoms with Crippen LogP contribution in [0.25, 0.3) is 21.8 Å². The number of aromatic nitrogens is 5. The summed E-state index contributed by atoms with van der Waals surface area (Å²) in [4.78, 5) is 29.4. The monoisotopic (exact) mass is 429 g/mol. The van der Waals surface area contributed by atoms with Gasteiger partial charge in [-0.25, -0.2) is 15.0 Å². The van der Waals surface area contributed by atoms with E-state index < -0.39 is 0 Å². The van der Waals surface area contributed by atoms with Gasteiger partial charge in [-0.1, -0.05) is 19.6 Å². The molecule has 1 N–H and O–H groups in total. The molecule has 1 aromatic carbocycles. The van der Waals surface area contributed by atoms with Crippen molar-refractivity contribution >= 4 is 33.5 Å². The third-order valence-electron chi connectivity index (χ3n) is 5.80. The van der Waals surface area contributed by atoms with Gasteiger partial charge in [0, 0.05) is 37.8 Å². The minimum absolute atomic E-state index is 0.0442. The molecule has 0 atom stereocenters. The van der Waals surface area contributed by atoms with E-state index in [1.54, 1.807) is 17.3 Å². The number of ether oxygens (including phenoxy) is 1. The number of nitrogens with one attached hydrogen (secondary N) is 1. The van der Waals surface area contributed by atoms with E-state index in [-0.39, 0.29) is 5.91 Å². The van der Waals surface area contributed by atoms with Crippen LogP contribution in [0, 0.1) is 0 Å². The highest BCUT2D eigenvalue weighted by atomic mass is 16.5. The number of aromatic amines is 1. The van der Waals surface area contributed by atoms with Crippen LogP contribution < -0.4 is 9.64 Å². The minimum atomic E-state index is -0.0442. The molecular weight excluding hydrogens is 406 g/mol. The summed E-state index contributed by atoms with van der Waals surface area (Å²) in [5, 5.41) is 8.90. The van der Waals surface area contributed by atoms with Gasteiger partial charge >= 0.3 is 0 Å². The predicted octanol–water partition coefficient (Wildman–Crippen LogP) is 3.09. The number of anilines is 1. The summed E-state index contributed by atoms with van der Waals surface area (Å²) in [5.41, 5.74) is 2.61. The molecule has 4 heterocycles. The number of hydrogen-bond acceptors (Lipinski definition) is 7. The van der Waals surface area contributed by atoms with Gasteiger partial charge in [0.15, 0.2) is 0 Å². The Bertz CT molecular complexity index is 1310. The number of carbonyl (C=O) groups excluding carboxylic acids is 1. The zero-order valence-electron chi connectivity index (χ0n) is 17.8. The first kappa shape index (κ1) is 19.9. The molecule has 1 fully saturated rings. The predicted molar refractivity (Wildman–Crippen MR) is 122 cm³/mol. The second kappa shape index (κ2) is 8.26. The highest BCUT2D eigenvalue weighted by Gasteiger charge is 2.23. The summed E-state index contributed by atoms with van der Waals surface area (Å²) in [6.07, 6.45) is 7.18. The summed E-state index contributed by atoms with van der Waals surface area (Å²) in [7, 11) is 0. The molecule has 5 rings (SSSR count). The molecule has 1 aliphatic heterocycles. The molecule has 1 amide bonds. The number of pyridine rings is 1. The van der Waals surface area contributed by atoms with Crippen LogP contribution in [0.3, 0.4) is 0 Å².